The number of hydrogen-bond acceptors (Lipinski definition) is 4. The molecule has 0 aliphatic rings. The summed E-state index contributed by atoms with van der Waals surface area (Å²) >= 11 is 0. The van der Waals surface area contributed by atoms with Crippen LogP contribution in [0.2, 0.25) is 0 Å². The van der Waals surface area contributed by atoms with Gasteiger partial charge < -0.3 is 4.52 Å². The third-order valence-electron chi connectivity index (χ3n) is 1.54. The highest BCUT2D eigenvalue weighted by Crippen LogP contribution is 2.07. The van der Waals surface area contributed by atoms with Crippen molar-refractivity contribution in [3.05, 3.63) is 17.8 Å². The Hall–Kier alpha value is -1.45. The molecule has 0 amide bonds. The van der Waals surface area contributed by atoms with Gasteiger partial charge in [0.2, 0.25) is 0 Å². The van der Waals surface area contributed by atoms with E-state index < -0.39 is 0 Å². The molecule has 0 fully saturated rings. The van der Waals surface area contributed by atoms with Crippen molar-refractivity contribution >= 4 is 11.2 Å². The zero-order valence-corrected chi connectivity index (χ0v) is 6.11. The standard InChI is InChI=1S/C7H7N3O/c1-2-5-3-4-6-7(8-5)11-10-9-6/h3-4H,2H2,1H3. The molecule has 2 heterocycles. The summed E-state index contributed by atoms with van der Waals surface area (Å²) in [5.74, 6) is 0. The summed E-state index contributed by atoms with van der Waals surface area (Å²) in [7, 11) is 0. The van der Waals surface area contributed by atoms with Crippen LogP contribution in [0.25, 0.3) is 11.2 Å². The van der Waals surface area contributed by atoms with E-state index in [1.165, 1.54) is 0 Å². The highest BCUT2D eigenvalue weighted by atomic mass is 16.5. The Kier molecular flexibility index (Phi) is 1.31. The monoisotopic (exact) mass is 149 g/mol. The number of nitrogens with zero attached hydrogens (tertiary/aromatic N) is 3. The van der Waals surface area contributed by atoms with Crippen molar-refractivity contribution in [3.63, 3.8) is 0 Å². The topological polar surface area (TPSA) is 51.8 Å². The molecule has 2 aromatic heterocycles. The smallest absolute Gasteiger partial charge is 0.278 e. The van der Waals surface area contributed by atoms with E-state index in [2.05, 4.69) is 15.4 Å². The van der Waals surface area contributed by atoms with Gasteiger partial charge in [0, 0.05) is 11.0 Å². The molecule has 0 N–H and O–H groups in total. The molecule has 0 saturated heterocycles. The lowest BCUT2D eigenvalue weighted by atomic mass is 10.3. The normalized spacial score (nSPS) is 10.6. The largest absolute Gasteiger partial charge is 0.316 e. The summed E-state index contributed by atoms with van der Waals surface area (Å²) in [6.45, 7) is 2.04. The van der Waals surface area contributed by atoms with Crippen LogP contribution in [-0.4, -0.2) is 15.4 Å². The van der Waals surface area contributed by atoms with Crippen LogP contribution in [-0.2, 0) is 6.42 Å². The highest BCUT2D eigenvalue weighted by Gasteiger charge is 2.00. The second-order valence-corrected chi connectivity index (χ2v) is 2.25. The number of rotatable bonds is 1. The third-order valence-corrected chi connectivity index (χ3v) is 1.54. The van der Waals surface area contributed by atoms with Crippen molar-refractivity contribution in [3.8, 4) is 0 Å². The van der Waals surface area contributed by atoms with Crippen LogP contribution < -0.4 is 0 Å². The fourth-order valence-corrected chi connectivity index (χ4v) is 0.915. The minimum Gasteiger partial charge on any atom is -0.316 e. The van der Waals surface area contributed by atoms with Crippen LogP contribution in [0.15, 0.2) is 16.7 Å². The van der Waals surface area contributed by atoms with Crippen LogP contribution in [0.3, 0.4) is 0 Å². The summed E-state index contributed by atoms with van der Waals surface area (Å²) in [6.07, 6.45) is 0.899. The molecule has 4 nitrogen and oxygen atoms in total. The molecule has 0 aliphatic carbocycles. The predicted molar refractivity (Wildman–Crippen MR) is 39.0 cm³/mol. The SMILES string of the molecule is CCc1ccc2nnoc2n1. The van der Waals surface area contributed by atoms with Crippen molar-refractivity contribution in [1.29, 1.82) is 0 Å². The Morgan fingerprint density at radius 3 is 3.18 bits per heavy atom. The first kappa shape index (κ1) is 6.27. The zero-order valence-electron chi connectivity index (χ0n) is 6.11. The molecule has 0 spiro atoms. The number of pyridine rings is 1. The van der Waals surface area contributed by atoms with Crippen molar-refractivity contribution in [2.75, 3.05) is 0 Å². The maximum absolute atomic E-state index is 4.79. The van der Waals surface area contributed by atoms with Gasteiger partial charge in [-0.2, -0.15) is 0 Å². The first-order chi connectivity index (χ1) is 5.40. The molecule has 0 aliphatic heterocycles. The summed E-state index contributed by atoms with van der Waals surface area (Å²) < 4.78 is 4.79. The lowest BCUT2D eigenvalue weighted by Gasteiger charge is -1.90. The summed E-state index contributed by atoms with van der Waals surface area (Å²) in [5, 5.41) is 7.10. The van der Waals surface area contributed by atoms with Crippen LogP contribution >= 0.6 is 0 Å². The van der Waals surface area contributed by atoms with Gasteiger partial charge in [0.25, 0.3) is 5.71 Å². The van der Waals surface area contributed by atoms with Crippen LogP contribution in [0, 0.1) is 0 Å². The minimum absolute atomic E-state index is 0.518. The average Bonchev–Trinajstić information content (AvgIpc) is 2.50. The third kappa shape index (κ3) is 0.960. The highest BCUT2D eigenvalue weighted by molar-refractivity contribution is 5.66. The van der Waals surface area contributed by atoms with Gasteiger partial charge in [-0.3, -0.25) is 0 Å². The molecule has 0 aromatic carbocycles. The first-order valence-electron chi connectivity index (χ1n) is 3.48. The van der Waals surface area contributed by atoms with Gasteiger partial charge in [-0.25, -0.2) is 4.98 Å². The van der Waals surface area contributed by atoms with Gasteiger partial charge in [0.05, 0.1) is 0 Å². The molecule has 2 aromatic rings. The predicted octanol–water partition coefficient (Wildman–Crippen LogP) is 1.18. The Balaban J connectivity index is 2.67. The molecular weight excluding hydrogens is 142 g/mol. The van der Waals surface area contributed by atoms with E-state index in [9.17, 15) is 0 Å². The molecule has 0 unspecified atom stereocenters. The number of fused-ring (bicyclic) bond motifs is 1. The van der Waals surface area contributed by atoms with Crippen molar-refractivity contribution in [1.82, 2.24) is 15.4 Å². The van der Waals surface area contributed by atoms with E-state index in [0.717, 1.165) is 12.1 Å². The molecule has 0 bridgehead atoms. The van der Waals surface area contributed by atoms with Gasteiger partial charge in [-0.15, -0.1) is 5.10 Å². The Labute approximate surface area is 63.2 Å². The molecule has 2 rings (SSSR count). The average molecular weight is 149 g/mol. The van der Waals surface area contributed by atoms with Crippen molar-refractivity contribution in [2.45, 2.75) is 13.3 Å². The number of aryl methyl sites for hydroxylation is 1. The quantitative estimate of drug-likeness (QED) is 0.610. The second kappa shape index (κ2) is 2.30. The van der Waals surface area contributed by atoms with E-state index in [-0.39, 0.29) is 0 Å². The maximum atomic E-state index is 4.79. The lowest BCUT2D eigenvalue weighted by molar-refractivity contribution is 0.417. The number of aromatic nitrogens is 3. The van der Waals surface area contributed by atoms with Crippen molar-refractivity contribution < 1.29 is 4.52 Å². The first-order valence-corrected chi connectivity index (χ1v) is 3.48. The Morgan fingerprint density at radius 2 is 2.36 bits per heavy atom. The van der Waals surface area contributed by atoms with Crippen molar-refractivity contribution in [2.24, 2.45) is 0 Å². The van der Waals surface area contributed by atoms with Gasteiger partial charge in [0.1, 0.15) is 0 Å². The Bertz CT molecular complexity index is 368. The summed E-state index contributed by atoms with van der Waals surface area (Å²) in [5.41, 5.74) is 2.22. The van der Waals surface area contributed by atoms with Gasteiger partial charge in [0.15, 0.2) is 5.52 Å². The minimum atomic E-state index is 0.518. The zero-order chi connectivity index (χ0) is 7.68. The summed E-state index contributed by atoms with van der Waals surface area (Å²) in [6, 6.07) is 3.78. The van der Waals surface area contributed by atoms with Crippen LogP contribution in [0.4, 0.5) is 0 Å². The summed E-state index contributed by atoms with van der Waals surface area (Å²) in [4.78, 5) is 4.16. The van der Waals surface area contributed by atoms with E-state index in [0.29, 0.717) is 11.2 Å². The van der Waals surface area contributed by atoms with Crippen LogP contribution in [0.1, 0.15) is 12.6 Å². The van der Waals surface area contributed by atoms with Crippen LogP contribution in [0.5, 0.6) is 0 Å². The number of hydrogen-bond donors (Lipinski definition) is 0. The van der Waals surface area contributed by atoms with Gasteiger partial charge in [-0.05, 0) is 18.6 Å². The molecule has 0 radical (unpaired) electrons. The van der Waals surface area contributed by atoms with Gasteiger partial charge in [-0.1, -0.05) is 6.92 Å². The van der Waals surface area contributed by atoms with E-state index in [4.69, 9.17) is 4.52 Å². The molecular formula is C7H7N3O. The molecule has 0 atom stereocenters. The van der Waals surface area contributed by atoms with E-state index in [1.54, 1.807) is 0 Å². The fourth-order valence-electron chi connectivity index (χ4n) is 0.915. The lowest BCUT2D eigenvalue weighted by Crippen LogP contribution is -1.84. The fraction of sp³-hybridized carbons (Fsp3) is 0.286. The molecule has 4 heteroatoms. The van der Waals surface area contributed by atoms with Gasteiger partial charge >= 0.3 is 0 Å². The van der Waals surface area contributed by atoms with E-state index >= 15 is 0 Å². The maximum Gasteiger partial charge on any atom is 0.278 e. The molecule has 11 heavy (non-hydrogen) atoms. The molecule has 0 saturated carbocycles. The van der Waals surface area contributed by atoms with E-state index in [1.807, 2.05) is 19.1 Å². The Morgan fingerprint density at radius 1 is 1.45 bits per heavy atom. The second-order valence-electron chi connectivity index (χ2n) is 2.25. The molecule has 56 valence electrons.